The Labute approximate surface area is 81.0 Å². The van der Waals surface area contributed by atoms with Gasteiger partial charge in [-0.2, -0.15) is 0 Å². The third-order valence-electron chi connectivity index (χ3n) is 1.58. The first-order chi connectivity index (χ1) is 4.46. The highest BCUT2D eigenvalue weighted by Crippen LogP contribution is 2.27. The molecule has 0 saturated heterocycles. The summed E-state index contributed by atoms with van der Waals surface area (Å²) in [6, 6.07) is 0. The van der Waals surface area contributed by atoms with Crippen molar-refractivity contribution in [3.63, 3.8) is 0 Å². The van der Waals surface area contributed by atoms with Gasteiger partial charge in [0.05, 0.1) is 0 Å². The van der Waals surface area contributed by atoms with E-state index in [1.54, 1.807) is 0 Å². The van der Waals surface area contributed by atoms with Crippen LogP contribution in [0, 0.1) is 11.8 Å². The molecule has 0 aliphatic heterocycles. The Morgan fingerprint density at radius 1 is 0.700 bits per heavy atom. The summed E-state index contributed by atoms with van der Waals surface area (Å²) in [5.41, 5.74) is 0. The van der Waals surface area contributed by atoms with Gasteiger partial charge < -0.3 is 0 Å². The van der Waals surface area contributed by atoms with Crippen molar-refractivity contribution in [2.45, 2.75) is 37.3 Å². The maximum Gasteiger partial charge on any atom is 0.0296 e. The van der Waals surface area contributed by atoms with Gasteiger partial charge in [-0.25, -0.2) is 0 Å². The van der Waals surface area contributed by atoms with E-state index in [9.17, 15) is 0 Å². The van der Waals surface area contributed by atoms with Crippen LogP contribution < -0.4 is 0 Å². The highest BCUT2D eigenvalue weighted by Gasteiger charge is 2.21. The van der Waals surface area contributed by atoms with E-state index in [-0.39, 0.29) is 0 Å². The van der Waals surface area contributed by atoms with Gasteiger partial charge in [0.15, 0.2) is 0 Å². The molecule has 0 aromatic rings. The van der Waals surface area contributed by atoms with Gasteiger partial charge in [0.2, 0.25) is 0 Å². The molecule has 0 aromatic heterocycles. The Hall–Kier alpha value is 0.960. The number of halogens is 2. The van der Waals surface area contributed by atoms with Crippen molar-refractivity contribution < 1.29 is 0 Å². The molecular formula is C8H16Br2. The van der Waals surface area contributed by atoms with Gasteiger partial charge in [-0.3, -0.25) is 0 Å². The van der Waals surface area contributed by atoms with Gasteiger partial charge in [0.1, 0.15) is 0 Å². The quantitative estimate of drug-likeness (QED) is 0.685. The maximum atomic E-state index is 3.66. The largest absolute Gasteiger partial charge is 0.0876 e. The SMILES string of the molecule is CC(C)[C@@H](Br)[C@H](Br)C(C)C. The van der Waals surface area contributed by atoms with Crippen LogP contribution in [0.1, 0.15) is 27.7 Å². The van der Waals surface area contributed by atoms with Crippen LogP contribution in [-0.4, -0.2) is 9.65 Å². The van der Waals surface area contributed by atoms with Crippen molar-refractivity contribution >= 4 is 31.9 Å². The normalized spacial score (nSPS) is 18.0. The van der Waals surface area contributed by atoms with Crippen LogP contribution in [0.15, 0.2) is 0 Å². The van der Waals surface area contributed by atoms with E-state index in [2.05, 4.69) is 59.6 Å². The van der Waals surface area contributed by atoms with Crippen LogP contribution in [0.25, 0.3) is 0 Å². The van der Waals surface area contributed by atoms with Crippen LogP contribution in [-0.2, 0) is 0 Å². The summed E-state index contributed by atoms with van der Waals surface area (Å²) in [5, 5.41) is 0. The minimum Gasteiger partial charge on any atom is -0.0876 e. The third-order valence-corrected chi connectivity index (χ3v) is 5.54. The molecule has 10 heavy (non-hydrogen) atoms. The molecule has 2 heteroatoms. The first kappa shape index (κ1) is 11.0. The van der Waals surface area contributed by atoms with E-state index in [0.717, 1.165) is 0 Å². The van der Waals surface area contributed by atoms with Gasteiger partial charge in [0, 0.05) is 9.65 Å². The van der Waals surface area contributed by atoms with Crippen molar-refractivity contribution in [1.29, 1.82) is 0 Å². The molecule has 0 unspecified atom stereocenters. The first-order valence-electron chi connectivity index (χ1n) is 3.75. The Kier molecular flexibility index (Phi) is 5.22. The van der Waals surface area contributed by atoms with Gasteiger partial charge >= 0.3 is 0 Å². The fraction of sp³-hybridized carbons (Fsp3) is 1.00. The highest BCUT2D eigenvalue weighted by atomic mass is 79.9. The predicted molar refractivity (Wildman–Crippen MR) is 55.1 cm³/mol. The molecule has 0 saturated carbocycles. The molecule has 0 N–H and O–H groups in total. The molecule has 0 amide bonds. The van der Waals surface area contributed by atoms with E-state index in [1.165, 1.54) is 0 Å². The lowest BCUT2D eigenvalue weighted by molar-refractivity contribution is 0.516. The Balaban J connectivity index is 3.81. The summed E-state index contributed by atoms with van der Waals surface area (Å²) in [6.45, 7) is 8.93. The molecular weight excluding hydrogens is 256 g/mol. The number of hydrogen-bond donors (Lipinski definition) is 0. The van der Waals surface area contributed by atoms with Crippen molar-refractivity contribution in [2.75, 3.05) is 0 Å². The van der Waals surface area contributed by atoms with Gasteiger partial charge in [0.25, 0.3) is 0 Å². The van der Waals surface area contributed by atoms with Gasteiger partial charge in [-0.15, -0.1) is 0 Å². The average molecular weight is 272 g/mol. The number of alkyl halides is 2. The zero-order valence-corrected chi connectivity index (χ0v) is 10.2. The summed E-state index contributed by atoms with van der Waals surface area (Å²) in [7, 11) is 0. The lowest BCUT2D eigenvalue weighted by Gasteiger charge is -2.22. The summed E-state index contributed by atoms with van der Waals surface area (Å²) in [4.78, 5) is 1.18. The minimum absolute atomic E-state index is 0.590. The summed E-state index contributed by atoms with van der Waals surface area (Å²) >= 11 is 7.32. The topological polar surface area (TPSA) is 0 Å². The Morgan fingerprint density at radius 3 is 1.00 bits per heavy atom. The summed E-state index contributed by atoms with van der Waals surface area (Å²) in [6.07, 6.45) is 0. The van der Waals surface area contributed by atoms with Crippen LogP contribution >= 0.6 is 31.9 Å². The standard InChI is InChI=1S/C8H16Br2/c1-5(2)7(9)8(10)6(3)4/h5-8H,1-4H3/t7-,8-/m1/s1. The molecule has 0 nitrogen and oxygen atoms in total. The van der Waals surface area contributed by atoms with Crippen LogP contribution in [0.5, 0.6) is 0 Å². The smallest absolute Gasteiger partial charge is 0.0296 e. The Morgan fingerprint density at radius 2 is 0.900 bits per heavy atom. The van der Waals surface area contributed by atoms with Crippen molar-refractivity contribution in [3.05, 3.63) is 0 Å². The third kappa shape index (κ3) is 3.38. The molecule has 0 aliphatic rings. The van der Waals surface area contributed by atoms with Crippen LogP contribution in [0.2, 0.25) is 0 Å². The lowest BCUT2D eigenvalue weighted by atomic mass is 10.0. The minimum atomic E-state index is 0.590. The van der Waals surface area contributed by atoms with Crippen molar-refractivity contribution in [1.82, 2.24) is 0 Å². The van der Waals surface area contributed by atoms with E-state index in [0.29, 0.717) is 21.5 Å². The highest BCUT2D eigenvalue weighted by molar-refractivity contribution is 9.12. The maximum absolute atomic E-state index is 3.66. The molecule has 0 bridgehead atoms. The molecule has 0 heterocycles. The molecule has 0 fully saturated rings. The zero-order chi connectivity index (χ0) is 8.31. The number of rotatable bonds is 3. The molecule has 2 atom stereocenters. The molecule has 0 aliphatic carbocycles. The molecule has 62 valence electrons. The molecule has 0 aromatic carbocycles. The second kappa shape index (κ2) is 4.76. The number of hydrogen-bond acceptors (Lipinski definition) is 0. The van der Waals surface area contributed by atoms with E-state index < -0.39 is 0 Å². The van der Waals surface area contributed by atoms with E-state index >= 15 is 0 Å². The fourth-order valence-electron chi connectivity index (χ4n) is 0.735. The lowest BCUT2D eigenvalue weighted by Crippen LogP contribution is -2.24. The van der Waals surface area contributed by atoms with E-state index in [4.69, 9.17) is 0 Å². The van der Waals surface area contributed by atoms with Gasteiger partial charge in [-0.1, -0.05) is 59.6 Å². The summed E-state index contributed by atoms with van der Waals surface area (Å²) < 4.78 is 0. The predicted octanol–water partition coefficient (Wildman–Crippen LogP) is 3.83. The second-order valence-electron chi connectivity index (χ2n) is 3.38. The van der Waals surface area contributed by atoms with Crippen molar-refractivity contribution in [3.8, 4) is 0 Å². The first-order valence-corrected chi connectivity index (χ1v) is 5.58. The second-order valence-corrected chi connectivity index (χ2v) is 5.49. The van der Waals surface area contributed by atoms with E-state index in [1.807, 2.05) is 0 Å². The molecule has 0 rings (SSSR count). The molecule has 0 radical (unpaired) electrons. The molecule has 0 spiro atoms. The van der Waals surface area contributed by atoms with Crippen LogP contribution in [0.4, 0.5) is 0 Å². The van der Waals surface area contributed by atoms with Gasteiger partial charge in [-0.05, 0) is 11.8 Å². The Bertz CT molecular complexity index is 77.3. The van der Waals surface area contributed by atoms with Crippen molar-refractivity contribution in [2.24, 2.45) is 11.8 Å². The monoisotopic (exact) mass is 270 g/mol. The zero-order valence-electron chi connectivity index (χ0n) is 7.07. The summed E-state index contributed by atoms with van der Waals surface area (Å²) in [5.74, 6) is 1.40. The average Bonchev–Trinajstić information content (AvgIpc) is 1.84. The van der Waals surface area contributed by atoms with Crippen LogP contribution in [0.3, 0.4) is 0 Å². The fourth-order valence-corrected chi connectivity index (χ4v) is 1.96.